The lowest BCUT2D eigenvalue weighted by Gasteiger charge is -2.28. The average molecular weight is 533 g/mol. The number of nitrogens with one attached hydrogen (secondary N) is 1. The molecule has 2 rings (SSSR count). The number of aliphatic hydroxyl groups is 2. The molecule has 0 bridgehead atoms. The number of aliphatic hydroxyl groups excluding tert-OH is 2. The Morgan fingerprint density at radius 2 is 1.47 bits per heavy atom. The maximum absolute atomic E-state index is 13.8. The molecule has 0 aliphatic carbocycles. The van der Waals surface area contributed by atoms with Crippen LogP contribution in [-0.4, -0.2) is 58.3 Å². The Kier molecular flexibility index (Phi) is 12.8. The Labute approximate surface area is 225 Å². The van der Waals surface area contributed by atoms with Gasteiger partial charge in [0.25, 0.3) is 11.8 Å². The van der Waals surface area contributed by atoms with Crippen LogP contribution < -0.4 is 5.32 Å². The van der Waals surface area contributed by atoms with Crippen LogP contribution in [0.3, 0.4) is 0 Å². The van der Waals surface area contributed by atoms with Crippen LogP contribution in [0, 0.1) is 18.6 Å². The van der Waals surface area contributed by atoms with E-state index in [0.29, 0.717) is 31.5 Å². The Morgan fingerprint density at radius 1 is 0.868 bits per heavy atom. The molecule has 0 saturated carbocycles. The zero-order chi connectivity index (χ0) is 28.2. The van der Waals surface area contributed by atoms with E-state index in [1.54, 1.807) is 24.0 Å². The first-order valence-corrected chi connectivity index (χ1v) is 13.6. The Bertz CT molecular complexity index is 1040. The summed E-state index contributed by atoms with van der Waals surface area (Å²) in [5.74, 6) is -2.26. The van der Waals surface area contributed by atoms with Crippen molar-refractivity contribution in [2.24, 2.45) is 0 Å². The third-order valence-corrected chi connectivity index (χ3v) is 6.47. The minimum atomic E-state index is -1.36. The van der Waals surface area contributed by atoms with Crippen molar-refractivity contribution >= 4 is 11.8 Å². The molecule has 0 aliphatic heterocycles. The van der Waals surface area contributed by atoms with Crippen molar-refractivity contribution in [3.63, 3.8) is 0 Å². The van der Waals surface area contributed by atoms with E-state index < -0.39 is 35.8 Å². The van der Waals surface area contributed by atoms with Crippen molar-refractivity contribution in [1.29, 1.82) is 0 Å². The highest BCUT2D eigenvalue weighted by Gasteiger charge is 2.29. The highest BCUT2D eigenvalue weighted by Crippen LogP contribution is 2.18. The quantitative estimate of drug-likeness (QED) is 0.276. The molecule has 0 fully saturated rings. The number of unbranched alkanes of at least 4 members (excludes halogenated alkanes) is 2. The maximum Gasteiger partial charge on any atom is 0.253 e. The van der Waals surface area contributed by atoms with Gasteiger partial charge in [-0.25, -0.2) is 8.78 Å². The van der Waals surface area contributed by atoms with Gasteiger partial charge in [-0.1, -0.05) is 40.0 Å². The molecule has 0 spiro atoms. The van der Waals surface area contributed by atoms with Crippen LogP contribution >= 0.6 is 0 Å². The van der Waals surface area contributed by atoms with Gasteiger partial charge in [0.1, 0.15) is 17.7 Å². The maximum atomic E-state index is 13.8. The van der Waals surface area contributed by atoms with E-state index in [-0.39, 0.29) is 23.5 Å². The lowest BCUT2D eigenvalue weighted by molar-refractivity contribution is -0.00832. The molecule has 3 N–H and O–H groups in total. The number of rotatable bonds is 15. The van der Waals surface area contributed by atoms with Crippen LogP contribution in [0.5, 0.6) is 0 Å². The molecule has 0 aromatic heterocycles. The molecule has 0 heterocycles. The highest BCUT2D eigenvalue weighted by molar-refractivity contribution is 6.00. The number of halogens is 2. The van der Waals surface area contributed by atoms with Gasteiger partial charge in [-0.15, -0.1) is 0 Å². The Morgan fingerprint density at radius 3 is 2.05 bits per heavy atom. The summed E-state index contributed by atoms with van der Waals surface area (Å²) in [6.45, 7) is 9.02. The fourth-order valence-corrected chi connectivity index (χ4v) is 4.61. The summed E-state index contributed by atoms with van der Waals surface area (Å²) in [6, 6.07) is 6.90. The van der Waals surface area contributed by atoms with E-state index in [9.17, 15) is 28.6 Å². The lowest BCUT2D eigenvalue weighted by atomic mass is 9.94. The first-order valence-electron chi connectivity index (χ1n) is 13.6. The fraction of sp³-hybridized carbons (Fsp3) is 0.533. The van der Waals surface area contributed by atoms with Gasteiger partial charge in [0.15, 0.2) is 0 Å². The van der Waals surface area contributed by atoms with E-state index in [4.69, 9.17) is 0 Å². The minimum absolute atomic E-state index is 0.0925. The normalized spacial score (nSPS) is 13.6. The molecule has 6 nitrogen and oxygen atoms in total. The number of amides is 2. The number of hydrogen-bond acceptors (Lipinski definition) is 4. The summed E-state index contributed by atoms with van der Waals surface area (Å²) in [4.78, 5) is 28.2. The van der Waals surface area contributed by atoms with Crippen molar-refractivity contribution < 1.29 is 28.6 Å². The predicted octanol–water partition coefficient (Wildman–Crippen LogP) is 5.18. The molecular formula is C30H42F2N2O4. The van der Waals surface area contributed by atoms with Gasteiger partial charge >= 0.3 is 0 Å². The number of hydrogen-bond donors (Lipinski definition) is 3. The van der Waals surface area contributed by atoms with E-state index in [1.807, 2.05) is 20.8 Å². The standard InChI is InChI=1S/C30H42F2N2O4/c1-5-8-9-10-27(35)28(36)26(17-21-15-24(31)19-25(32)16-21)33-29(37)22-13-20(4)14-23(18-22)30(38)34(11-6-2)12-7-3/h13-16,18-19,26-28,35-36H,5-12,17H2,1-4H3,(H,33,37)/t26-,27-,28+/m0/s1. The second-order valence-corrected chi connectivity index (χ2v) is 10.00. The van der Waals surface area contributed by atoms with Gasteiger partial charge in [0.05, 0.1) is 12.1 Å². The molecule has 38 heavy (non-hydrogen) atoms. The van der Waals surface area contributed by atoms with Gasteiger partial charge in [0.2, 0.25) is 0 Å². The SMILES string of the molecule is CCCCC[C@H](O)[C@H](O)[C@H](Cc1cc(F)cc(F)c1)NC(=O)c1cc(C)cc(C(=O)N(CCC)CCC)c1. The summed E-state index contributed by atoms with van der Waals surface area (Å²) in [5, 5.41) is 24.3. The zero-order valence-electron chi connectivity index (χ0n) is 23.0. The number of nitrogens with zero attached hydrogens (tertiary/aromatic N) is 1. The van der Waals surface area contributed by atoms with Crippen LogP contribution in [0.25, 0.3) is 0 Å². The monoisotopic (exact) mass is 532 g/mol. The third kappa shape index (κ3) is 9.48. The molecular weight excluding hydrogens is 490 g/mol. The zero-order valence-corrected chi connectivity index (χ0v) is 23.0. The predicted molar refractivity (Wildman–Crippen MR) is 145 cm³/mol. The number of carbonyl (C=O) groups is 2. The van der Waals surface area contributed by atoms with Crippen LogP contribution in [0.4, 0.5) is 8.78 Å². The summed E-state index contributed by atoms with van der Waals surface area (Å²) in [5.41, 5.74) is 1.57. The first kappa shape index (κ1) is 31.4. The topological polar surface area (TPSA) is 89.9 Å². The molecule has 2 amide bonds. The third-order valence-electron chi connectivity index (χ3n) is 6.47. The second kappa shape index (κ2) is 15.5. The number of aryl methyl sites for hydroxylation is 1. The van der Waals surface area contributed by atoms with E-state index >= 15 is 0 Å². The molecule has 210 valence electrons. The van der Waals surface area contributed by atoms with Crippen LogP contribution in [0.2, 0.25) is 0 Å². The van der Waals surface area contributed by atoms with E-state index in [0.717, 1.165) is 49.4 Å². The van der Waals surface area contributed by atoms with Crippen molar-refractivity contribution in [3.8, 4) is 0 Å². The highest BCUT2D eigenvalue weighted by atomic mass is 19.1. The number of benzene rings is 2. The molecule has 0 saturated heterocycles. The van der Waals surface area contributed by atoms with Crippen molar-refractivity contribution in [3.05, 3.63) is 70.3 Å². The van der Waals surface area contributed by atoms with Gasteiger partial charge in [-0.05, 0) is 74.1 Å². The summed E-state index contributed by atoms with van der Waals surface area (Å²) in [7, 11) is 0. The lowest BCUT2D eigenvalue weighted by Crippen LogP contribution is -2.50. The number of carbonyl (C=O) groups excluding carboxylic acids is 2. The van der Waals surface area contributed by atoms with Gasteiger partial charge in [-0.3, -0.25) is 9.59 Å². The van der Waals surface area contributed by atoms with Gasteiger partial charge in [0, 0.05) is 30.3 Å². The largest absolute Gasteiger partial charge is 0.390 e. The van der Waals surface area contributed by atoms with E-state index in [1.165, 1.54) is 6.07 Å². The molecule has 3 atom stereocenters. The Hall–Kier alpha value is -2.84. The molecule has 2 aromatic rings. The average Bonchev–Trinajstić information content (AvgIpc) is 2.86. The van der Waals surface area contributed by atoms with Crippen molar-refractivity contribution in [2.45, 2.75) is 90.9 Å². The second-order valence-electron chi connectivity index (χ2n) is 10.00. The molecule has 2 aromatic carbocycles. The molecule has 8 heteroatoms. The summed E-state index contributed by atoms with van der Waals surface area (Å²) in [6.07, 6.45) is 1.87. The first-order chi connectivity index (χ1) is 18.1. The van der Waals surface area contributed by atoms with Crippen molar-refractivity contribution in [2.75, 3.05) is 13.1 Å². The summed E-state index contributed by atoms with van der Waals surface area (Å²) >= 11 is 0. The van der Waals surface area contributed by atoms with Gasteiger partial charge < -0.3 is 20.4 Å². The molecule has 0 unspecified atom stereocenters. The molecule has 0 radical (unpaired) electrons. The fourth-order valence-electron chi connectivity index (χ4n) is 4.61. The van der Waals surface area contributed by atoms with Crippen LogP contribution in [0.1, 0.15) is 91.1 Å². The molecule has 0 aliphatic rings. The minimum Gasteiger partial charge on any atom is -0.390 e. The van der Waals surface area contributed by atoms with Crippen LogP contribution in [0.15, 0.2) is 36.4 Å². The van der Waals surface area contributed by atoms with Crippen LogP contribution in [-0.2, 0) is 6.42 Å². The smallest absolute Gasteiger partial charge is 0.253 e. The Balaban J connectivity index is 2.33. The van der Waals surface area contributed by atoms with E-state index in [2.05, 4.69) is 5.32 Å². The van der Waals surface area contributed by atoms with Gasteiger partial charge in [-0.2, -0.15) is 0 Å². The van der Waals surface area contributed by atoms with Crippen molar-refractivity contribution in [1.82, 2.24) is 10.2 Å². The summed E-state index contributed by atoms with van der Waals surface area (Å²) < 4.78 is 27.7.